The van der Waals surface area contributed by atoms with Crippen molar-refractivity contribution in [2.24, 2.45) is 5.92 Å². The number of aryl methyl sites for hydroxylation is 1. The smallest absolute Gasteiger partial charge is 0.272 e. The second kappa shape index (κ2) is 9.14. The first-order chi connectivity index (χ1) is 14.9. The zero-order valence-corrected chi connectivity index (χ0v) is 18.6. The molecule has 3 atom stereocenters. The molecule has 1 aliphatic heterocycles. The summed E-state index contributed by atoms with van der Waals surface area (Å²) < 4.78 is 0. The molecule has 31 heavy (non-hydrogen) atoms. The second-order valence-electron chi connectivity index (χ2n) is 8.33. The fourth-order valence-corrected chi connectivity index (χ4v) is 5.64. The summed E-state index contributed by atoms with van der Waals surface area (Å²) in [5, 5.41) is 14.8. The summed E-state index contributed by atoms with van der Waals surface area (Å²) >= 11 is 1.49. The molecule has 0 spiro atoms. The Morgan fingerprint density at radius 3 is 2.61 bits per heavy atom. The van der Waals surface area contributed by atoms with Gasteiger partial charge in [-0.1, -0.05) is 61.9 Å². The van der Waals surface area contributed by atoms with E-state index < -0.39 is 0 Å². The van der Waals surface area contributed by atoms with Crippen LogP contribution in [0.4, 0.5) is 11.4 Å². The van der Waals surface area contributed by atoms with Gasteiger partial charge in [0.25, 0.3) is 11.6 Å². The van der Waals surface area contributed by atoms with E-state index in [1.54, 1.807) is 25.1 Å². The standard InChI is InChI=1S/C24H27N3O3S/c1-16-8-6-7-11-20(16)26-23(28)22(31-24(26)25-19-9-4-3-5-10-19)15-18-13-12-17(2)21(14-18)27(29)30/h3-5,9-10,12-16,20,24-25H,6-8,11H2,1-2H3/b22-15-/t16-,20+,24?/m0/s1. The van der Waals surface area contributed by atoms with Crippen molar-refractivity contribution in [2.75, 3.05) is 5.32 Å². The van der Waals surface area contributed by atoms with Crippen LogP contribution >= 0.6 is 11.8 Å². The van der Waals surface area contributed by atoms with Gasteiger partial charge >= 0.3 is 0 Å². The molecule has 4 rings (SSSR count). The van der Waals surface area contributed by atoms with Crippen molar-refractivity contribution in [1.82, 2.24) is 4.90 Å². The number of hydrogen-bond donors (Lipinski definition) is 1. The first kappa shape index (κ1) is 21.4. The lowest BCUT2D eigenvalue weighted by Gasteiger charge is -2.39. The molecule has 1 N–H and O–H groups in total. The first-order valence-corrected chi connectivity index (χ1v) is 11.6. The van der Waals surface area contributed by atoms with Gasteiger partial charge in [-0.15, -0.1) is 0 Å². The van der Waals surface area contributed by atoms with E-state index in [4.69, 9.17) is 0 Å². The number of carbonyl (C=O) groups is 1. The fraction of sp³-hybridized carbons (Fsp3) is 0.375. The van der Waals surface area contributed by atoms with Gasteiger partial charge in [-0.05, 0) is 49.5 Å². The number of benzene rings is 2. The minimum absolute atomic E-state index is 0.000379. The average Bonchev–Trinajstić information content (AvgIpc) is 3.05. The lowest BCUT2D eigenvalue weighted by molar-refractivity contribution is -0.385. The lowest BCUT2D eigenvalue weighted by atomic mass is 9.85. The van der Waals surface area contributed by atoms with Gasteiger partial charge in [0.2, 0.25) is 0 Å². The van der Waals surface area contributed by atoms with E-state index in [1.807, 2.05) is 41.3 Å². The van der Waals surface area contributed by atoms with Crippen LogP contribution in [0.15, 0.2) is 53.4 Å². The van der Waals surface area contributed by atoms with E-state index in [2.05, 4.69) is 12.2 Å². The number of nitro groups is 1. The SMILES string of the molecule is Cc1ccc(/C=C2\SC(Nc3ccccc3)N([C@@H]3CCCC[C@@H]3C)C2=O)cc1[N+](=O)[O-]. The van der Waals surface area contributed by atoms with Crippen molar-refractivity contribution < 1.29 is 9.72 Å². The molecule has 0 bridgehead atoms. The molecule has 7 heteroatoms. The lowest BCUT2D eigenvalue weighted by Crippen LogP contribution is -2.48. The van der Waals surface area contributed by atoms with E-state index in [0.717, 1.165) is 24.9 Å². The normalized spacial score (nSPS) is 25.1. The van der Waals surface area contributed by atoms with E-state index >= 15 is 0 Å². The van der Waals surface area contributed by atoms with E-state index in [-0.39, 0.29) is 28.1 Å². The summed E-state index contributed by atoms with van der Waals surface area (Å²) in [6.07, 6.45) is 6.25. The highest BCUT2D eigenvalue weighted by atomic mass is 32.2. The number of nitro benzene ring substituents is 1. The maximum atomic E-state index is 13.5. The van der Waals surface area contributed by atoms with Gasteiger partial charge in [0, 0.05) is 23.4 Å². The van der Waals surface area contributed by atoms with Crippen LogP contribution in [0, 0.1) is 23.0 Å². The Bertz CT molecular complexity index is 1010. The second-order valence-corrected chi connectivity index (χ2v) is 9.46. The summed E-state index contributed by atoms with van der Waals surface area (Å²) in [4.78, 5) is 27.1. The summed E-state index contributed by atoms with van der Waals surface area (Å²) in [7, 11) is 0. The maximum Gasteiger partial charge on any atom is 0.272 e. The minimum atomic E-state index is -0.378. The quantitative estimate of drug-likeness (QED) is 0.364. The molecule has 1 aliphatic carbocycles. The van der Waals surface area contributed by atoms with Gasteiger partial charge in [0.1, 0.15) is 0 Å². The molecule has 1 amide bonds. The van der Waals surface area contributed by atoms with Crippen LogP contribution in [-0.4, -0.2) is 27.3 Å². The number of rotatable bonds is 5. The van der Waals surface area contributed by atoms with Gasteiger partial charge in [-0.25, -0.2) is 0 Å². The average molecular weight is 438 g/mol. The molecule has 2 aromatic rings. The molecule has 2 aliphatic rings. The molecule has 0 aromatic heterocycles. The Balaban J connectivity index is 1.66. The Labute approximate surface area is 186 Å². The molecular formula is C24H27N3O3S. The minimum Gasteiger partial charge on any atom is -0.356 e. The molecule has 1 saturated heterocycles. The Morgan fingerprint density at radius 2 is 1.90 bits per heavy atom. The number of anilines is 1. The van der Waals surface area contributed by atoms with Crippen molar-refractivity contribution in [3.8, 4) is 0 Å². The monoisotopic (exact) mass is 437 g/mol. The molecule has 6 nitrogen and oxygen atoms in total. The fourth-order valence-electron chi connectivity index (χ4n) is 4.43. The number of amides is 1. The summed E-state index contributed by atoms with van der Waals surface area (Å²) in [5.41, 5.74) is 2.12. The maximum absolute atomic E-state index is 13.5. The van der Waals surface area contributed by atoms with Crippen LogP contribution in [0.3, 0.4) is 0 Å². The summed E-state index contributed by atoms with van der Waals surface area (Å²) in [6, 6.07) is 15.2. The van der Waals surface area contributed by atoms with E-state index in [0.29, 0.717) is 21.9 Å². The van der Waals surface area contributed by atoms with Crippen LogP contribution < -0.4 is 5.32 Å². The number of nitrogens with zero attached hydrogens (tertiary/aromatic N) is 2. The first-order valence-electron chi connectivity index (χ1n) is 10.7. The molecule has 0 radical (unpaired) electrons. The zero-order valence-electron chi connectivity index (χ0n) is 17.8. The van der Waals surface area contributed by atoms with E-state index in [1.165, 1.54) is 18.2 Å². The molecule has 1 heterocycles. The molecule has 162 valence electrons. The highest BCUT2D eigenvalue weighted by Gasteiger charge is 2.42. The Morgan fingerprint density at radius 1 is 1.16 bits per heavy atom. The summed E-state index contributed by atoms with van der Waals surface area (Å²) in [6.45, 7) is 3.95. The van der Waals surface area contributed by atoms with Gasteiger partial charge < -0.3 is 10.2 Å². The topological polar surface area (TPSA) is 75.5 Å². The number of carbonyl (C=O) groups excluding carboxylic acids is 1. The highest BCUT2D eigenvalue weighted by Crippen LogP contribution is 2.42. The third-order valence-corrected chi connectivity index (χ3v) is 7.27. The van der Waals surface area contributed by atoms with Crippen molar-refractivity contribution in [1.29, 1.82) is 0 Å². The van der Waals surface area contributed by atoms with Crippen LogP contribution in [0.25, 0.3) is 6.08 Å². The van der Waals surface area contributed by atoms with E-state index in [9.17, 15) is 14.9 Å². The Kier molecular flexibility index (Phi) is 6.32. The third kappa shape index (κ3) is 4.61. The molecule has 2 aromatic carbocycles. The van der Waals surface area contributed by atoms with Crippen LogP contribution in [0.5, 0.6) is 0 Å². The van der Waals surface area contributed by atoms with Crippen LogP contribution in [0.1, 0.15) is 43.7 Å². The summed E-state index contributed by atoms with van der Waals surface area (Å²) in [5.74, 6) is 0.443. The van der Waals surface area contributed by atoms with Gasteiger partial charge in [0.15, 0.2) is 5.50 Å². The van der Waals surface area contributed by atoms with Crippen LogP contribution in [0.2, 0.25) is 0 Å². The molecular weight excluding hydrogens is 410 g/mol. The van der Waals surface area contributed by atoms with Gasteiger partial charge in [-0.2, -0.15) is 0 Å². The van der Waals surface area contributed by atoms with Crippen molar-refractivity contribution in [3.05, 3.63) is 74.7 Å². The molecule has 1 unspecified atom stereocenters. The molecule has 2 fully saturated rings. The highest BCUT2D eigenvalue weighted by molar-refractivity contribution is 8.05. The van der Waals surface area contributed by atoms with Crippen LogP contribution in [-0.2, 0) is 4.79 Å². The predicted molar refractivity (Wildman–Crippen MR) is 126 cm³/mol. The van der Waals surface area contributed by atoms with Gasteiger partial charge in [0.05, 0.1) is 9.83 Å². The number of nitrogens with one attached hydrogen (secondary N) is 1. The van der Waals surface area contributed by atoms with Gasteiger partial charge in [-0.3, -0.25) is 14.9 Å². The number of hydrogen-bond acceptors (Lipinski definition) is 5. The zero-order chi connectivity index (χ0) is 22.0. The number of thioether (sulfide) groups is 1. The predicted octanol–water partition coefficient (Wildman–Crippen LogP) is 5.79. The third-order valence-electron chi connectivity index (χ3n) is 6.15. The van der Waals surface area contributed by atoms with Crippen molar-refractivity contribution in [2.45, 2.75) is 51.1 Å². The van der Waals surface area contributed by atoms with Crippen molar-refractivity contribution >= 4 is 35.1 Å². The number of para-hydroxylation sites is 1. The van der Waals surface area contributed by atoms with Crippen molar-refractivity contribution in [3.63, 3.8) is 0 Å². The largest absolute Gasteiger partial charge is 0.356 e. The Hall–Kier alpha value is -2.80. The molecule has 1 saturated carbocycles.